The minimum atomic E-state index is -0.438. The molecular weight excluding hydrogens is 471 g/mol. The van der Waals surface area contributed by atoms with Crippen LogP contribution in [0.15, 0.2) is 24.3 Å². The molecule has 2 amide bonds. The molecule has 0 radical (unpaired) electrons. The second-order valence-electron chi connectivity index (χ2n) is 11.7. The van der Waals surface area contributed by atoms with Crippen molar-refractivity contribution in [1.82, 2.24) is 15.1 Å². The number of nitrogens with two attached hydrogens (primary N) is 1. The van der Waals surface area contributed by atoms with Gasteiger partial charge in [-0.2, -0.15) is 0 Å². The molecule has 204 valence electrons. The Morgan fingerprint density at radius 3 is 2.54 bits per heavy atom. The molecule has 2 heterocycles. The van der Waals surface area contributed by atoms with Crippen LogP contribution < -0.4 is 11.1 Å². The van der Waals surface area contributed by atoms with Gasteiger partial charge in [-0.1, -0.05) is 18.6 Å². The standard InChI is InChI=1S/C29H43FN4O3/c30-24-10-6-20(7-11-24)17-33(19-26-5-2-12-37-26)25-14-27(34(18-25)29(36)23-8-9-23)28(35)32-16-22-4-1-3-21(13-22)15-31/h6-7,10-11,21-23,25-27H,1-5,8-9,12-19,31H2,(H,32,35). The molecule has 2 saturated carbocycles. The second-order valence-corrected chi connectivity index (χ2v) is 11.7. The summed E-state index contributed by atoms with van der Waals surface area (Å²) >= 11 is 0. The van der Waals surface area contributed by atoms with Crippen molar-refractivity contribution in [1.29, 1.82) is 0 Å². The SMILES string of the molecule is NCC1CCCC(CNC(=O)C2CC(N(Cc3ccc(F)cc3)CC3CCCO3)CN2C(=O)C2CC2)C1. The van der Waals surface area contributed by atoms with Crippen molar-refractivity contribution >= 4 is 11.8 Å². The Bertz CT molecular complexity index is 918. The zero-order valence-electron chi connectivity index (χ0n) is 22.0. The lowest BCUT2D eigenvalue weighted by Crippen LogP contribution is -2.47. The summed E-state index contributed by atoms with van der Waals surface area (Å²) in [5, 5.41) is 3.21. The number of carbonyl (C=O) groups excluding carboxylic acids is 2. The molecule has 0 aromatic heterocycles. The summed E-state index contributed by atoms with van der Waals surface area (Å²) in [6.07, 6.45) is 9.25. The van der Waals surface area contributed by atoms with Gasteiger partial charge in [-0.15, -0.1) is 0 Å². The Labute approximate surface area is 220 Å². The fourth-order valence-electron chi connectivity index (χ4n) is 6.52. The van der Waals surface area contributed by atoms with Crippen LogP contribution in [0.5, 0.6) is 0 Å². The molecule has 3 N–H and O–H groups in total. The highest BCUT2D eigenvalue weighted by atomic mass is 19.1. The summed E-state index contributed by atoms with van der Waals surface area (Å²) in [6.45, 7) is 4.12. The number of halogens is 1. The highest BCUT2D eigenvalue weighted by Gasteiger charge is 2.46. The van der Waals surface area contributed by atoms with Crippen LogP contribution in [0.3, 0.4) is 0 Å². The average molecular weight is 515 g/mol. The first-order chi connectivity index (χ1) is 18.0. The van der Waals surface area contributed by atoms with Crippen LogP contribution >= 0.6 is 0 Å². The molecule has 5 atom stereocenters. The molecule has 1 aromatic rings. The Hall–Kier alpha value is -2.03. The smallest absolute Gasteiger partial charge is 0.242 e. The second kappa shape index (κ2) is 12.2. The zero-order chi connectivity index (χ0) is 25.8. The maximum absolute atomic E-state index is 13.5. The van der Waals surface area contributed by atoms with E-state index in [0.717, 1.165) is 57.2 Å². The normalized spacial score (nSPS) is 30.1. The third-order valence-corrected chi connectivity index (χ3v) is 8.86. The Kier molecular flexibility index (Phi) is 8.78. The van der Waals surface area contributed by atoms with Gasteiger partial charge in [-0.3, -0.25) is 14.5 Å². The first kappa shape index (κ1) is 26.6. The number of nitrogens with one attached hydrogen (secondary N) is 1. The summed E-state index contributed by atoms with van der Waals surface area (Å²) in [5.74, 6) is 0.945. The fraction of sp³-hybridized carbons (Fsp3) is 0.724. The van der Waals surface area contributed by atoms with Crippen LogP contribution in [-0.4, -0.2) is 72.6 Å². The van der Waals surface area contributed by atoms with E-state index in [1.165, 1.54) is 25.0 Å². The molecule has 2 aliphatic carbocycles. The summed E-state index contributed by atoms with van der Waals surface area (Å²) < 4.78 is 19.5. The molecule has 4 aliphatic rings. The number of rotatable bonds is 10. The van der Waals surface area contributed by atoms with E-state index in [1.807, 2.05) is 17.0 Å². The Morgan fingerprint density at radius 2 is 1.84 bits per heavy atom. The molecule has 7 nitrogen and oxygen atoms in total. The third kappa shape index (κ3) is 6.89. The van der Waals surface area contributed by atoms with Crippen LogP contribution in [-0.2, 0) is 20.9 Å². The molecule has 2 saturated heterocycles. The number of amides is 2. The van der Waals surface area contributed by atoms with Crippen molar-refractivity contribution in [3.63, 3.8) is 0 Å². The van der Waals surface area contributed by atoms with E-state index >= 15 is 0 Å². The molecule has 0 spiro atoms. The molecule has 5 rings (SSSR count). The van der Waals surface area contributed by atoms with E-state index in [0.29, 0.717) is 44.4 Å². The summed E-state index contributed by atoms with van der Waals surface area (Å²) in [6, 6.07) is 6.25. The molecule has 2 aliphatic heterocycles. The van der Waals surface area contributed by atoms with E-state index < -0.39 is 6.04 Å². The first-order valence-corrected chi connectivity index (χ1v) is 14.4. The molecule has 4 fully saturated rings. The Morgan fingerprint density at radius 1 is 1.05 bits per heavy atom. The summed E-state index contributed by atoms with van der Waals surface area (Å²) in [5.41, 5.74) is 6.93. The van der Waals surface area contributed by atoms with Crippen LogP contribution in [0.4, 0.5) is 4.39 Å². The molecule has 8 heteroatoms. The van der Waals surface area contributed by atoms with E-state index in [1.54, 1.807) is 0 Å². The molecule has 1 aromatic carbocycles. The number of carbonyl (C=O) groups is 2. The van der Waals surface area contributed by atoms with Gasteiger partial charge in [-0.25, -0.2) is 4.39 Å². The maximum atomic E-state index is 13.5. The third-order valence-electron chi connectivity index (χ3n) is 8.86. The minimum Gasteiger partial charge on any atom is -0.377 e. The summed E-state index contributed by atoms with van der Waals surface area (Å²) in [4.78, 5) is 31.0. The quantitative estimate of drug-likeness (QED) is 0.501. The van der Waals surface area contributed by atoms with Crippen molar-refractivity contribution in [3.8, 4) is 0 Å². The first-order valence-electron chi connectivity index (χ1n) is 14.4. The van der Waals surface area contributed by atoms with E-state index in [9.17, 15) is 14.0 Å². The van der Waals surface area contributed by atoms with Crippen LogP contribution in [0, 0.1) is 23.6 Å². The number of nitrogens with zero attached hydrogens (tertiary/aromatic N) is 2. The summed E-state index contributed by atoms with van der Waals surface area (Å²) in [7, 11) is 0. The fourth-order valence-corrected chi connectivity index (χ4v) is 6.52. The van der Waals surface area contributed by atoms with E-state index in [4.69, 9.17) is 10.5 Å². The highest BCUT2D eigenvalue weighted by molar-refractivity contribution is 5.90. The monoisotopic (exact) mass is 514 g/mol. The predicted molar refractivity (Wildman–Crippen MR) is 140 cm³/mol. The number of ether oxygens (including phenoxy) is 1. The Balaban J connectivity index is 1.27. The van der Waals surface area contributed by atoms with Gasteiger partial charge in [-0.05, 0) is 87.4 Å². The van der Waals surface area contributed by atoms with Crippen LogP contribution in [0.2, 0.25) is 0 Å². The zero-order valence-corrected chi connectivity index (χ0v) is 22.0. The highest BCUT2D eigenvalue weighted by Crippen LogP contribution is 2.35. The van der Waals surface area contributed by atoms with Gasteiger partial charge >= 0.3 is 0 Å². The van der Waals surface area contributed by atoms with Crippen molar-refractivity contribution in [3.05, 3.63) is 35.6 Å². The topological polar surface area (TPSA) is 87.9 Å². The molecule has 5 unspecified atom stereocenters. The van der Waals surface area contributed by atoms with Gasteiger partial charge in [0, 0.05) is 44.7 Å². The maximum Gasteiger partial charge on any atom is 0.242 e. The van der Waals surface area contributed by atoms with Crippen LogP contribution in [0.25, 0.3) is 0 Å². The van der Waals surface area contributed by atoms with Crippen molar-refractivity contribution in [2.75, 3.05) is 32.8 Å². The van der Waals surface area contributed by atoms with Gasteiger partial charge < -0.3 is 20.7 Å². The largest absolute Gasteiger partial charge is 0.377 e. The minimum absolute atomic E-state index is 0.0229. The number of hydrogen-bond acceptors (Lipinski definition) is 5. The molecular formula is C29H43FN4O3. The number of benzene rings is 1. The number of likely N-dealkylation sites (tertiary alicyclic amines) is 1. The lowest BCUT2D eigenvalue weighted by Gasteiger charge is -2.31. The van der Waals surface area contributed by atoms with E-state index in [2.05, 4.69) is 10.2 Å². The lowest BCUT2D eigenvalue weighted by atomic mass is 9.81. The van der Waals surface area contributed by atoms with Crippen LogP contribution in [0.1, 0.15) is 63.4 Å². The van der Waals surface area contributed by atoms with E-state index in [-0.39, 0.29) is 35.7 Å². The van der Waals surface area contributed by atoms with Crippen molar-refractivity contribution in [2.24, 2.45) is 23.5 Å². The van der Waals surface area contributed by atoms with Gasteiger partial charge in [0.15, 0.2) is 0 Å². The van der Waals surface area contributed by atoms with Crippen molar-refractivity contribution in [2.45, 2.75) is 82.5 Å². The average Bonchev–Trinajstić information content (AvgIpc) is 3.46. The van der Waals surface area contributed by atoms with Gasteiger partial charge in [0.05, 0.1) is 6.10 Å². The van der Waals surface area contributed by atoms with Gasteiger partial charge in [0.1, 0.15) is 11.9 Å². The lowest BCUT2D eigenvalue weighted by molar-refractivity contribution is -0.139. The molecule has 37 heavy (non-hydrogen) atoms. The van der Waals surface area contributed by atoms with Gasteiger partial charge in [0.25, 0.3) is 0 Å². The predicted octanol–water partition coefficient (Wildman–Crippen LogP) is 3.07. The number of hydrogen-bond donors (Lipinski definition) is 2. The van der Waals surface area contributed by atoms with Crippen molar-refractivity contribution < 1.29 is 18.7 Å². The molecule has 0 bridgehead atoms. The van der Waals surface area contributed by atoms with Gasteiger partial charge in [0.2, 0.25) is 11.8 Å².